The van der Waals surface area contributed by atoms with Crippen LogP contribution in [-0.2, 0) is 14.8 Å². The Bertz CT molecular complexity index is 763. The molecule has 0 aromatic carbocycles. The van der Waals surface area contributed by atoms with Crippen molar-refractivity contribution < 1.29 is 22.4 Å². The number of hydrogen-bond acceptors (Lipinski definition) is 6. The summed E-state index contributed by atoms with van der Waals surface area (Å²) < 4.78 is 36.6. The highest BCUT2D eigenvalue weighted by atomic mass is 32.2. The zero-order valence-corrected chi connectivity index (χ0v) is 13.5. The molecule has 22 heavy (non-hydrogen) atoms. The van der Waals surface area contributed by atoms with E-state index in [1.54, 1.807) is 0 Å². The van der Waals surface area contributed by atoms with E-state index in [-0.39, 0.29) is 16.9 Å². The summed E-state index contributed by atoms with van der Waals surface area (Å²) >= 11 is 1.54. The van der Waals surface area contributed by atoms with Crippen molar-refractivity contribution in [3.05, 3.63) is 40.3 Å². The number of methoxy groups -OCH3 is 1. The highest BCUT2D eigenvalue weighted by Crippen LogP contribution is 2.37. The van der Waals surface area contributed by atoms with Crippen molar-refractivity contribution in [1.29, 1.82) is 0 Å². The maximum absolute atomic E-state index is 12.7. The molecule has 0 aliphatic carbocycles. The number of carbonyl (C=O) groups excluding carboxylic acids is 1. The first-order valence-corrected chi connectivity index (χ1v) is 9.14. The highest BCUT2D eigenvalue weighted by Gasteiger charge is 2.38. The topological polar surface area (TPSA) is 76.8 Å². The van der Waals surface area contributed by atoms with E-state index in [1.165, 1.54) is 34.9 Å². The van der Waals surface area contributed by atoms with Gasteiger partial charge in [0.05, 0.1) is 13.2 Å². The fourth-order valence-electron chi connectivity index (χ4n) is 2.61. The van der Waals surface area contributed by atoms with Crippen LogP contribution in [0.3, 0.4) is 0 Å². The lowest BCUT2D eigenvalue weighted by molar-refractivity contribution is 0.0558. The Labute approximate surface area is 132 Å². The minimum Gasteiger partial charge on any atom is -0.463 e. The van der Waals surface area contributed by atoms with E-state index in [4.69, 9.17) is 4.42 Å². The van der Waals surface area contributed by atoms with E-state index in [0.29, 0.717) is 6.54 Å². The number of sulfonamides is 1. The molecule has 0 saturated carbocycles. The van der Waals surface area contributed by atoms with Crippen LogP contribution in [0.25, 0.3) is 0 Å². The molecule has 2 aromatic heterocycles. The maximum Gasteiger partial charge on any atom is 0.374 e. The number of furan rings is 1. The lowest BCUT2D eigenvalue weighted by Gasteiger charge is -2.22. The van der Waals surface area contributed by atoms with E-state index in [2.05, 4.69) is 4.74 Å². The molecule has 0 N–H and O–H groups in total. The number of nitrogens with zero attached hydrogens (tertiary/aromatic N) is 1. The quantitative estimate of drug-likeness (QED) is 0.799. The fourth-order valence-corrected chi connectivity index (χ4v) is 4.92. The zero-order valence-electron chi connectivity index (χ0n) is 11.9. The van der Waals surface area contributed by atoms with Gasteiger partial charge in [0.15, 0.2) is 0 Å². The monoisotopic (exact) mass is 341 g/mol. The molecule has 2 aromatic rings. The maximum atomic E-state index is 12.7. The van der Waals surface area contributed by atoms with Gasteiger partial charge in [-0.2, -0.15) is 15.6 Å². The van der Waals surface area contributed by atoms with E-state index in [9.17, 15) is 13.2 Å². The zero-order chi connectivity index (χ0) is 15.7. The van der Waals surface area contributed by atoms with Gasteiger partial charge >= 0.3 is 5.97 Å². The van der Waals surface area contributed by atoms with Crippen molar-refractivity contribution in [1.82, 2.24) is 4.31 Å². The Kier molecular flexibility index (Phi) is 4.07. The van der Waals surface area contributed by atoms with Crippen LogP contribution < -0.4 is 0 Å². The molecule has 3 heterocycles. The van der Waals surface area contributed by atoms with Crippen LogP contribution in [0.15, 0.2) is 38.5 Å². The summed E-state index contributed by atoms with van der Waals surface area (Å²) in [5, 5.41) is 3.66. The summed E-state index contributed by atoms with van der Waals surface area (Å²) in [5.74, 6) is -0.815. The first-order chi connectivity index (χ1) is 10.5. The van der Waals surface area contributed by atoms with Gasteiger partial charge in [0.2, 0.25) is 10.9 Å². The second-order valence-corrected chi connectivity index (χ2v) is 7.54. The third-order valence-electron chi connectivity index (χ3n) is 3.66. The van der Waals surface area contributed by atoms with Crippen LogP contribution in [0.5, 0.6) is 0 Å². The van der Waals surface area contributed by atoms with Gasteiger partial charge in [-0.25, -0.2) is 13.2 Å². The van der Waals surface area contributed by atoms with Gasteiger partial charge in [-0.15, -0.1) is 0 Å². The Morgan fingerprint density at radius 2 is 2.23 bits per heavy atom. The summed E-state index contributed by atoms with van der Waals surface area (Å²) in [6, 6.07) is 4.37. The predicted molar refractivity (Wildman–Crippen MR) is 80.2 cm³/mol. The fraction of sp³-hybridized carbons (Fsp3) is 0.357. The van der Waals surface area contributed by atoms with E-state index < -0.39 is 16.0 Å². The standard InChI is InChI=1S/C14H15NO5S2/c1-19-14(16)12-4-5-13(20-12)22(17,18)15-7-2-3-11(15)10-6-8-21-9-10/h4-6,8-9,11H,2-3,7H2,1H3. The normalized spacial score (nSPS) is 19.4. The number of ether oxygens (including phenoxy) is 1. The molecule has 8 heteroatoms. The summed E-state index contributed by atoms with van der Waals surface area (Å²) in [6.07, 6.45) is 1.57. The van der Waals surface area contributed by atoms with Crippen LogP contribution in [0, 0.1) is 0 Å². The number of thiophene rings is 1. The van der Waals surface area contributed by atoms with E-state index >= 15 is 0 Å². The van der Waals surface area contributed by atoms with Gasteiger partial charge in [-0.3, -0.25) is 0 Å². The minimum atomic E-state index is -3.77. The molecular weight excluding hydrogens is 326 g/mol. The van der Waals surface area contributed by atoms with Crippen LogP contribution >= 0.6 is 11.3 Å². The molecule has 118 valence electrons. The van der Waals surface area contributed by atoms with Gasteiger partial charge in [0.25, 0.3) is 10.0 Å². The second-order valence-electron chi connectivity index (χ2n) is 4.94. The predicted octanol–water partition coefficient (Wildman–Crippen LogP) is 2.65. The molecule has 6 nitrogen and oxygen atoms in total. The highest BCUT2D eigenvalue weighted by molar-refractivity contribution is 7.89. The molecule has 1 aliphatic rings. The van der Waals surface area contributed by atoms with Crippen LogP contribution in [-0.4, -0.2) is 32.3 Å². The third kappa shape index (κ3) is 2.57. The Morgan fingerprint density at radius 1 is 1.41 bits per heavy atom. The van der Waals surface area contributed by atoms with Crippen molar-refractivity contribution in [2.45, 2.75) is 24.0 Å². The average Bonchev–Trinajstić information content (AvgIpc) is 3.25. The molecule has 1 saturated heterocycles. The van der Waals surface area contributed by atoms with Crippen molar-refractivity contribution in [2.75, 3.05) is 13.7 Å². The summed E-state index contributed by atoms with van der Waals surface area (Å²) in [5.41, 5.74) is 0.992. The molecule has 0 spiro atoms. The number of hydrogen-bond donors (Lipinski definition) is 0. The molecule has 3 rings (SSSR count). The van der Waals surface area contributed by atoms with Gasteiger partial charge < -0.3 is 9.15 Å². The lowest BCUT2D eigenvalue weighted by Crippen LogP contribution is -2.30. The van der Waals surface area contributed by atoms with Crippen LogP contribution in [0.2, 0.25) is 0 Å². The lowest BCUT2D eigenvalue weighted by atomic mass is 10.1. The minimum absolute atomic E-state index is 0.118. The largest absolute Gasteiger partial charge is 0.463 e. The van der Waals surface area contributed by atoms with Gasteiger partial charge in [-0.1, -0.05) is 0 Å². The number of carbonyl (C=O) groups is 1. The number of rotatable bonds is 4. The molecule has 1 atom stereocenters. The van der Waals surface area contributed by atoms with Gasteiger partial charge in [0, 0.05) is 6.54 Å². The van der Waals surface area contributed by atoms with Crippen molar-refractivity contribution in [3.8, 4) is 0 Å². The smallest absolute Gasteiger partial charge is 0.374 e. The van der Waals surface area contributed by atoms with Crippen LogP contribution in [0.1, 0.15) is 35.0 Å². The van der Waals surface area contributed by atoms with Crippen molar-refractivity contribution in [3.63, 3.8) is 0 Å². The summed E-state index contributed by atoms with van der Waals surface area (Å²) in [6.45, 7) is 0.442. The molecule has 0 amide bonds. The molecule has 1 fully saturated rings. The van der Waals surface area contributed by atoms with Gasteiger partial charge in [0.1, 0.15) is 0 Å². The van der Waals surface area contributed by atoms with E-state index in [1.807, 2.05) is 16.8 Å². The molecule has 0 radical (unpaired) electrons. The average molecular weight is 341 g/mol. The van der Waals surface area contributed by atoms with Crippen molar-refractivity contribution >= 4 is 27.3 Å². The molecular formula is C14H15NO5S2. The SMILES string of the molecule is COC(=O)c1ccc(S(=O)(=O)N2CCCC2c2ccsc2)o1. The third-order valence-corrected chi connectivity index (χ3v) is 6.15. The Balaban J connectivity index is 1.92. The Hall–Kier alpha value is -1.64. The molecule has 1 unspecified atom stereocenters. The van der Waals surface area contributed by atoms with Crippen LogP contribution in [0.4, 0.5) is 0 Å². The number of esters is 1. The first kappa shape index (κ1) is 15.3. The van der Waals surface area contributed by atoms with E-state index in [0.717, 1.165) is 18.4 Å². The molecule has 0 bridgehead atoms. The first-order valence-electron chi connectivity index (χ1n) is 6.76. The second kappa shape index (κ2) is 5.86. The Morgan fingerprint density at radius 3 is 2.91 bits per heavy atom. The van der Waals surface area contributed by atoms with Crippen molar-refractivity contribution in [2.24, 2.45) is 0 Å². The molecule has 1 aliphatic heterocycles. The summed E-state index contributed by atoms with van der Waals surface area (Å²) in [4.78, 5) is 11.4. The van der Waals surface area contributed by atoms with Gasteiger partial charge in [-0.05, 0) is 47.4 Å². The summed E-state index contributed by atoms with van der Waals surface area (Å²) in [7, 11) is -2.56.